The highest BCUT2D eigenvalue weighted by molar-refractivity contribution is 5.85. The van der Waals surface area contributed by atoms with E-state index in [0.717, 1.165) is 55.4 Å². The molecule has 2 unspecified atom stereocenters. The van der Waals surface area contributed by atoms with E-state index in [4.69, 9.17) is 0 Å². The number of aromatic amines is 1. The summed E-state index contributed by atoms with van der Waals surface area (Å²) in [4.78, 5) is 3.39. The second kappa shape index (κ2) is 10.2. The number of nitrogens with zero attached hydrogens (tertiary/aromatic N) is 3. The van der Waals surface area contributed by atoms with Gasteiger partial charge in [-0.05, 0) is 92.4 Å². The van der Waals surface area contributed by atoms with Crippen LogP contribution < -0.4 is 5.32 Å². The number of hydrogen-bond donors (Lipinski definition) is 2. The molecule has 0 aliphatic carbocycles. The van der Waals surface area contributed by atoms with E-state index >= 15 is 0 Å². The molecule has 1 aliphatic rings. The minimum absolute atomic E-state index is 0.426. The van der Waals surface area contributed by atoms with Gasteiger partial charge in [0.2, 0.25) is 0 Å². The minimum Gasteiger partial charge on any atom is -0.361 e. The summed E-state index contributed by atoms with van der Waals surface area (Å²) >= 11 is 0. The van der Waals surface area contributed by atoms with Crippen LogP contribution in [-0.2, 0) is 19.0 Å². The van der Waals surface area contributed by atoms with Crippen LogP contribution >= 0.6 is 0 Å². The molecule has 184 valence electrons. The number of piperidine rings is 1. The summed E-state index contributed by atoms with van der Waals surface area (Å²) in [5, 5.41) is 12.6. The monoisotopic (exact) mass is 481 g/mol. The van der Waals surface area contributed by atoms with Crippen LogP contribution in [0.2, 0.25) is 0 Å². The average Bonchev–Trinajstić information content (AvgIpc) is 3.53. The first-order chi connectivity index (χ1) is 17.0. The normalized spacial score (nSPS) is 18.8. The maximum Gasteiger partial charge on any atom is 0.416 e. The number of aryl methyl sites for hydroxylation is 2. The summed E-state index contributed by atoms with van der Waals surface area (Å²) in [6.45, 7) is 1.01. The lowest BCUT2D eigenvalue weighted by Crippen LogP contribution is -2.38. The molecule has 2 N–H and O–H groups in total. The van der Waals surface area contributed by atoms with Crippen molar-refractivity contribution in [2.24, 2.45) is 5.92 Å². The Labute approximate surface area is 202 Å². The third-order valence-electron chi connectivity index (χ3n) is 7.19. The van der Waals surface area contributed by atoms with Gasteiger partial charge in [-0.1, -0.05) is 18.6 Å². The van der Waals surface area contributed by atoms with Crippen LogP contribution in [-0.4, -0.2) is 32.3 Å². The fraction of sp³-hybridized carbons (Fsp3) is 0.407. The van der Waals surface area contributed by atoms with Crippen molar-refractivity contribution in [1.82, 2.24) is 25.1 Å². The molecule has 0 saturated carbocycles. The molecule has 1 fully saturated rings. The van der Waals surface area contributed by atoms with E-state index in [1.54, 1.807) is 24.8 Å². The second-order valence-corrected chi connectivity index (χ2v) is 9.58. The van der Waals surface area contributed by atoms with E-state index in [0.29, 0.717) is 12.0 Å². The highest BCUT2D eigenvalue weighted by atomic mass is 19.4. The number of alkyl halides is 3. The van der Waals surface area contributed by atoms with Crippen LogP contribution in [0.15, 0.2) is 61.3 Å². The van der Waals surface area contributed by atoms with E-state index in [-0.39, 0.29) is 0 Å². The number of rotatable bonds is 8. The van der Waals surface area contributed by atoms with Gasteiger partial charge in [0.15, 0.2) is 0 Å². The van der Waals surface area contributed by atoms with Crippen LogP contribution in [0.25, 0.3) is 16.6 Å². The number of H-pyrrole nitrogens is 1. The summed E-state index contributed by atoms with van der Waals surface area (Å²) in [6.07, 6.45) is 8.69. The van der Waals surface area contributed by atoms with Crippen molar-refractivity contribution < 1.29 is 13.2 Å². The van der Waals surface area contributed by atoms with Crippen LogP contribution in [0.3, 0.4) is 0 Å². The molecule has 0 bridgehead atoms. The van der Waals surface area contributed by atoms with Crippen molar-refractivity contribution in [2.75, 3.05) is 6.54 Å². The Morgan fingerprint density at radius 3 is 2.54 bits per heavy atom. The molecule has 4 aromatic rings. The molecule has 8 heteroatoms. The number of fused-ring (bicyclic) bond motifs is 1. The molecule has 3 heterocycles. The van der Waals surface area contributed by atoms with Gasteiger partial charge < -0.3 is 10.3 Å². The Bertz CT molecular complexity index is 1230. The van der Waals surface area contributed by atoms with Gasteiger partial charge >= 0.3 is 6.18 Å². The zero-order valence-corrected chi connectivity index (χ0v) is 19.6. The summed E-state index contributed by atoms with van der Waals surface area (Å²) in [6, 6.07) is 12.4. The molecular weight excluding hydrogens is 451 g/mol. The predicted octanol–water partition coefficient (Wildman–Crippen LogP) is 6.09. The van der Waals surface area contributed by atoms with Crippen molar-refractivity contribution in [2.45, 2.75) is 57.2 Å². The van der Waals surface area contributed by atoms with Crippen molar-refractivity contribution >= 4 is 10.9 Å². The van der Waals surface area contributed by atoms with Gasteiger partial charge in [-0.25, -0.2) is 0 Å². The Kier molecular flexibility index (Phi) is 6.90. The van der Waals surface area contributed by atoms with Gasteiger partial charge in [0, 0.05) is 28.8 Å². The van der Waals surface area contributed by atoms with E-state index in [2.05, 4.69) is 44.9 Å². The number of nitrogens with one attached hydrogen (secondary N) is 2. The highest BCUT2D eigenvalue weighted by Gasteiger charge is 2.30. The Morgan fingerprint density at radius 1 is 0.971 bits per heavy atom. The summed E-state index contributed by atoms with van der Waals surface area (Å²) in [5.41, 5.74) is 3.91. The van der Waals surface area contributed by atoms with Gasteiger partial charge in [-0.2, -0.15) is 13.2 Å². The lowest BCUT2D eigenvalue weighted by molar-refractivity contribution is -0.137. The summed E-state index contributed by atoms with van der Waals surface area (Å²) < 4.78 is 40.2. The van der Waals surface area contributed by atoms with Crippen molar-refractivity contribution in [3.63, 3.8) is 0 Å². The van der Waals surface area contributed by atoms with Crippen molar-refractivity contribution in [3.05, 3.63) is 78.0 Å². The average molecular weight is 482 g/mol. The maximum atomic E-state index is 12.8. The van der Waals surface area contributed by atoms with Crippen LogP contribution in [0.5, 0.6) is 0 Å². The molecule has 2 aromatic carbocycles. The first-order valence-electron chi connectivity index (χ1n) is 12.3. The van der Waals surface area contributed by atoms with E-state index < -0.39 is 11.7 Å². The molecule has 1 aliphatic heterocycles. The molecule has 2 atom stereocenters. The number of benzene rings is 2. The molecule has 0 radical (unpaired) electrons. The zero-order chi connectivity index (χ0) is 24.3. The summed E-state index contributed by atoms with van der Waals surface area (Å²) in [5.74, 6) is 0.687. The molecule has 1 saturated heterocycles. The largest absolute Gasteiger partial charge is 0.416 e. The first kappa shape index (κ1) is 23.6. The topological polar surface area (TPSA) is 58.5 Å². The molecule has 0 amide bonds. The first-order valence-corrected chi connectivity index (χ1v) is 12.3. The smallest absolute Gasteiger partial charge is 0.361 e. The van der Waals surface area contributed by atoms with Gasteiger partial charge in [0.1, 0.15) is 12.7 Å². The second-order valence-electron chi connectivity index (χ2n) is 9.58. The predicted molar refractivity (Wildman–Crippen MR) is 130 cm³/mol. The molecule has 5 rings (SSSR count). The lowest BCUT2D eigenvalue weighted by atomic mass is 9.85. The van der Waals surface area contributed by atoms with E-state index in [1.807, 2.05) is 4.57 Å². The van der Waals surface area contributed by atoms with Gasteiger partial charge in [0.25, 0.3) is 0 Å². The fourth-order valence-corrected chi connectivity index (χ4v) is 5.23. The van der Waals surface area contributed by atoms with Crippen LogP contribution in [0.4, 0.5) is 13.2 Å². The van der Waals surface area contributed by atoms with E-state index in [1.165, 1.54) is 35.9 Å². The van der Waals surface area contributed by atoms with Crippen molar-refractivity contribution in [3.8, 4) is 5.69 Å². The SMILES string of the molecule is FC(F)(F)c1ccc(CCC2CC(CCCc3c[nH]c4ccc(-n5cnnc5)cc34)CCN2)cc1. The van der Waals surface area contributed by atoms with E-state index in [9.17, 15) is 13.2 Å². The Balaban J connectivity index is 1.11. The van der Waals surface area contributed by atoms with Gasteiger partial charge in [-0.15, -0.1) is 10.2 Å². The van der Waals surface area contributed by atoms with Crippen LogP contribution in [0, 0.1) is 5.92 Å². The van der Waals surface area contributed by atoms with Gasteiger partial charge in [-0.3, -0.25) is 4.57 Å². The lowest BCUT2D eigenvalue weighted by Gasteiger charge is -2.30. The highest BCUT2D eigenvalue weighted by Crippen LogP contribution is 2.30. The molecular formula is C27H30F3N5. The minimum atomic E-state index is -4.27. The molecule has 5 nitrogen and oxygen atoms in total. The number of aromatic nitrogens is 4. The third-order valence-corrected chi connectivity index (χ3v) is 7.19. The van der Waals surface area contributed by atoms with Crippen LogP contribution in [0.1, 0.15) is 48.8 Å². The fourth-order valence-electron chi connectivity index (χ4n) is 5.23. The number of hydrogen-bond acceptors (Lipinski definition) is 3. The zero-order valence-electron chi connectivity index (χ0n) is 19.6. The Morgan fingerprint density at radius 2 is 1.77 bits per heavy atom. The summed E-state index contributed by atoms with van der Waals surface area (Å²) in [7, 11) is 0. The number of halogens is 3. The molecule has 2 aromatic heterocycles. The Hall–Kier alpha value is -3.13. The standard InChI is InChI=1S/C27H30F3N5/c28-27(29,30)22-7-4-19(5-8-22)6-9-23-14-20(12-13-31-23)2-1-3-21-16-32-26-11-10-24(15-25(21)26)35-17-33-34-18-35/h4-5,7-8,10-11,15-18,20,23,31-32H,1-3,6,9,12-14H2. The maximum absolute atomic E-state index is 12.8. The van der Waals surface area contributed by atoms with Gasteiger partial charge in [0.05, 0.1) is 5.56 Å². The quantitative estimate of drug-likeness (QED) is 0.320. The van der Waals surface area contributed by atoms with Crippen molar-refractivity contribution in [1.29, 1.82) is 0 Å². The molecule has 35 heavy (non-hydrogen) atoms. The third kappa shape index (κ3) is 5.75. The molecule has 0 spiro atoms.